The van der Waals surface area contributed by atoms with Crippen LogP contribution in [0.25, 0.3) is 0 Å². The van der Waals surface area contributed by atoms with Crippen LogP contribution in [-0.4, -0.2) is 19.7 Å². The second kappa shape index (κ2) is 5.67. The van der Waals surface area contributed by atoms with Crippen LogP contribution >= 0.6 is 0 Å². The summed E-state index contributed by atoms with van der Waals surface area (Å²) in [6, 6.07) is 9.97. The van der Waals surface area contributed by atoms with Gasteiger partial charge in [-0.25, -0.2) is 5.90 Å². The van der Waals surface area contributed by atoms with E-state index in [0.29, 0.717) is 12.5 Å². The number of anilines is 1. The number of para-hydroxylation sites is 1. The minimum absolute atomic E-state index is 0.459. The van der Waals surface area contributed by atoms with Crippen molar-refractivity contribution in [2.24, 2.45) is 11.8 Å². The van der Waals surface area contributed by atoms with Gasteiger partial charge >= 0.3 is 0 Å². The molecule has 0 bridgehead atoms. The highest BCUT2D eigenvalue weighted by atomic mass is 16.6. The van der Waals surface area contributed by atoms with Crippen molar-refractivity contribution in [3.8, 4) is 6.07 Å². The fourth-order valence-corrected chi connectivity index (χ4v) is 2.40. The maximum Gasteiger partial charge on any atom is 0.101 e. The molecule has 4 heteroatoms. The average Bonchev–Trinajstić information content (AvgIpc) is 2.39. The number of piperidine rings is 1. The molecule has 1 atom stereocenters. The van der Waals surface area contributed by atoms with Crippen LogP contribution in [0.4, 0.5) is 5.69 Å². The fraction of sp³-hybridized carbons (Fsp3) is 0.462. The van der Waals surface area contributed by atoms with Gasteiger partial charge in [0.05, 0.1) is 17.9 Å². The van der Waals surface area contributed by atoms with Crippen LogP contribution in [0.15, 0.2) is 24.3 Å². The van der Waals surface area contributed by atoms with E-state index in [1.54, 1.807) is 0 Å². The largest absolute Gasteiger partial charge is 0.370 e. The highest BCUT2D eigenvalue weighted by Crippen LogP contribution is 2.25. The predicted molar refractivity (Wildman–Crippen MR) is 66.2 cm³/mol. The van der Waals surface area contributed by atoms with Gasteiger partial charge in [0, 0.05) is 19.0 Å². The first-order valence-corrected chi connectivity index (χ1v) is 5.91. The van der Waals surface area contributed by atoms with Gasteiger partial charge in [-0.3, -0.25) is 0 Å². The van der Waals surface area contributed by atoms with E-state index in [1.807, 2.05) is 24.3 Å². The van der Waals surface area contributed by atoms with Gasteiger partial charge in [0.25, 0.3) is 0 Å². The van der Waals surface area contributed by atoms with Crippen molar-refractivity contribution in [2.75, 3.05) is 24.6 Å². The van der Waals surface area contributed by atoms with Crippen LogP contribution in [0.2, 0.25) is 0 Å². The number of nitrogens with two attached hydrogens (primary N) is 1. The van der Waals surface area contributed by atoms with Gasteiger partial charge in [0.1, 0.15) is 6.07 Å². The van der Waals surface area contributed by atoms with Crippen molar-refractivity contribution in [3.05, 3.63) is 29.8 Å². The Kier molecular flexibility index (Phi) is 3.97. The molecule has 1 saturated heterocycles. The molecule has 0 aromatic heterocycles. The van der Waals surface area contributed by atoms with Gasteiger partial charge in [0.2, 0.25) is 0 Å². The molecule has 2 rings (SSSR count). The standard InChI is InChI=1S/C13H17N3O/c14-8-12-5-1-2-6-13(12)16-7-3-4-11(9-16)10-17-15/h1-2,5-6,11H,3-4,7,9-10,15H2. The van der Waals surface area contributed by atoms with Gasteiger partial charge in [-0.2, -0.15) is 5.26 Å². The number of hydrogen-bond acceptors (Lipinski definition) is 4. The van der Waals surface area contributed by atoms with E-state index in [0.717, 1.165) is 37.2 Å². The molecule has 0 amide bonds. The van der Waals surface area contributed by atoms with E-state index in [-0.39, 0.29) is 0 Å². The van der Waals surface area contributed by atoms with Crippen LogP contribution in [0.3, 0.4) is 0 Å². The van der Waals surface area contributed by atoms with Crippen molar-refractivity contribution in [1.82, 2.24) is 0 Å². The van der Waals surface area contributed by atoms with E-state index in [4.69, 9.17) is 16.0 Å². The molecule has 1 heterocycles. The molecular weight excluding hydrogens is 214 g/mol. The van der Waals surface area contributed by atoms with E-state index < -0.39 is 0 Å². The van der Waals surface area contributed by atoms with Crippen molar-refractivity contribution >= 4 is 5.69 Å². The van der Waals surface area contributed by atoms with Crippen molar-refractivity contribution < 1.29 is 4.84 Å². The molecule has 1 aromatic carbocycles. The lowest BCUT2D eigenvalue weighted by molar-refractivity contribution is 0.0951. The van der Waals surface area contributed by atoms with Crippen LogP contribution in [0.1, 0.15) is 18.4 Å². The SMILES string of the molecule is N#Cc1ccccc1N1CCCC(CON)C1. The minimum atomic E-state index is 0.459. The highest BCUT2D eigenvalue weighted by Gasteiger charge is 2.21. The molecule has 0 spiro atoms. The molecule has 1 fully saturated rings. The number of benzene rings is 1. The van der Waals surface area contributed by atoms with E-state index in [2.05, 4.69) is 11.0 Å². The molecule has 1 aliphatic rings. The molecule has 0 saturated carbocycles. The Morgan fingerprint density at radius 2 is 2.29 bits per heavy atom. The van der Waals surface area contributed by atoms with E-state index in [9.17, 15) is 0 Å². The third-order valence-electron chi connectivity index (χ3n) is 3.22. The minimum Gasteiger partial charge on any atom is -0.370 e. The van der Waals surface area contributed by atoms with Gasteiger partial charge in [-0.05, 0) is 25.0 Å². The topological polar surface area (TPSA) is 62.3 Å². The lowest BCUT2D eigenvalue weighted by atomic mass is 9.98. The zero-order chi connectivity index (χ0) is 12.1. The maximum absolute atomic E-state index is 9.10. The first-order valence-electron chi connectivity index (χ1n) is 5.91. The summed E-state index contributed by atoms with van der Waals surface area (Å²) in [5.74, 6) is 5.59. The van der Waals surface area contributed by atoms with Gasteiger partial charge in [-0.15, -0.1) is 0 Å². The molecule has 4 nitrogen and oxygen atoms in total. The van der Waals surface area contributed by atoms with E-state index in [1.165, 1.54) is 0 Å². The quantitative estimate of drug-likeness (QED) is 0.804. The lowest BCUT2D eigenvalue weighted by Gasteiger charge is -2.34. The average molecular weight is 231 g/mol. The molecule has 0 aliphatic carbocycles. The van der Waals surface area contributed by atoms with Crippen LogP contribution < -0.4 is 10.8 Å². The zero-order valence-corrected chi connectivity index (χ0v) is 9.80. The molecule has 0 radical (unpaired) electrons. The van der Waals surface area contributed by atoms with Gasteiger partial charge in [0.15, 0.2) is 0 Å². The van der Waals surface area contributed by atoms with E-state index >= 15 is 0 Å². The number of hydrogen-bond donors (Lipinski definition) is 1. The second-order valence-corrected chi connectivity index (χ2v) is 4.42. The molecule has 1 unspecified atom stereocenters. The molecule has 90 valence electrons. The highest BCUT2D eigenvalue weighted by molar-refractivity contribution is 5.59. The lowest BCUT2D eigenvalue weighted by Crippen LogP contribution is -2.38. The first-order chi connectivity index (χ1) is 8.35. The predicted octanol–water partition coefficient (Wildman–Crippen LogP) is 1.66. The summed E-state index contributed by atoms with van der Waals surface area (Å²) < 4.78 is 0. The van der Waals surface area contributed by atoms with Crippen LogP contribution in [0, 0.1) is 17.2 Å². The Bertz CT molecular complexity index is 411. The Morgan fingerprint density at radius 1 is 1.47 bits per heavy atom. The summed E-state index contributed by atoms with van der Waals surface area (Å²) in [4.78, 5) is 6.99. The summed E-state index contributed by atoms with van der Waals surface area (Å²) in [7, 11) is 0. The summed E-state index contributed by atoms with van der Waals surface area (Å²) in [6.45, 7) is 2.50. The summed E-state index contributed by atoms with van der Waals surface area (Å²) in [5.41, 5.74) is 1.76. The second-order valence-electron chi connectivity index (χ2n) is 4.42. The monoisotopic (exact) mass is 231 g/mol. The fourth-order valence-electron chi connectivity index (χ4n) is 2.40. The Labute approximate surface area is 102 Å². The third-order valence-corrected chi connectivity index (χ3v) is 3.22. The molecule has 1 aromatic rings. The maximum atomic E-state index is 9.10. The van der Waals surface area contributed by atoms with Gasteiger partial charge < -0.3 is 9.74 Å². The van der Waals surface area contributed by atoms with Crippen molar-refractivity contribution in [2.45, 2.75) is 12.8 Å². The summed E-state index contributed by atoms with van der Waals surface area (Å²) in [5, 5.41) is 9.10. The van der Waals surface area contributed by atoms with Crippen molar-refractivity contribution in [1.29, 1.82) is 5.26 Å². The Balaban J connectivity index is 2.14. The summed E-state index contributed by atoms with van der Waals surface area (Å²) >= 11 is 0. The van der Waals surface area contributed by atoms with Crippen LogP contribution in [-0.2, 0) is 4.84 Å². The van der Waals surface area contributed by atoms with Crippen molar-refractivity contribution in [3.63, 3.8) is 0 Å². The molecule has 1 aliphatic heterocycles. The number of nitriles is 1. The zero-order valence-electron chi connectivity index (χ0n) is 9.80. The Hall–Kier alpha value is -1.57. The first kappa shape index (κ1) is 11.9. The summed E-state index contributed by atoms with van der Waals surface area (Å²) in [6.07, 6.45) is 2.26. The Morgan fingerprint density at radius 3 is 3.06 bits per heavy atom. The molecule has 2 N–H and O–H groups in total. The molecule has 17 heavy (non-hydrogen) atoms. The molecular formula is C13H17N3O. The smallest absolute Gasteiger partial charge is 0.101 e. The van der Waals surface area contributed by atoms with Gasteiger partial charge in [-0.1, -0.05) is 12.1 Å². The van der Waals surface area contributed by atoms with Crippen LogP contribution in [0.5, 0.6) is 0 Å². The number of rotatable bonds is 3. The third kappa shape index (κ3) is 2.76. The number of nitrogens with zero attached hydrogens (tertiary/aromatic N) is 2. The normalized spacial score (nSPS) is 20.0.